The number of hydrogen-bond acceptors (Lipinski definition) is 3. The number of nitrogens with zero attached hydrogens (tertiary/aromatic N) is 2. The smallest absolute Gasteiger partial charge is 0.280 e. The van der Waals surface area contributed by atoms with Gasteiger partial charge in [0, 0.05) is 0 Å². The second-order valence-corrected chi connectivity index (χ2v) is 4.15. The topological polar surface area (TPSA) is 41.9 Å². The molecule has 0 bridgehead atoms. The minimum atomic E-state index is -0.0691. The highest BCUT2D eigenvalue weighted by atomic mass is 16.5. The molecule has 0 saturated heterocycles. The van der Waals surface area contributed by atoms with Crippen molar-refractivity contribution < 1.29 is 9.53 Å². The summed E-state index contributed by atoms with van der Waals surface area (Å²) in [6.07, 6.45) is 1.66. The third-order valence-electron chi connectivity index (χ3n) is 2.99. The van der Waals surface area contributed by atoms with E-state index in [1.807, 2.05) is 42.5 Å². The van der Waals surface area contributed by atoms with E-state index in [0.717, 1.165) is 22.6 Å². The van der Waals surface area contributed by atoms with Crippen LogP contribution in [0.2, 0.25) is 0 Å². The van der Waals surface area contributed by atoms with Gasteiger partial charge < -0.3 is 4.74 Å². The molecule has 4 nitrogen and oxygen atoms in total. The first-order valence-corrected chi connectivity index (χ1v) is 5.91. The Morgan fingerprint density at radius 3 is 2.58 bits per heavy atom. The third kappa shape index (κ3) is 1.97. The van der Waals surface area contributed by atoms with Crippen LogP contribution in [0.15, 0.2) is 53.6 Å². The Morgan fingerprint density at radius 2 is 1.84 bits per heavy atom. The van der Waals surface area contributed by atoms with E-state index in [-0.39, 0.29) is 5.91 Å². The molecule has 2 aromatic carbocycles. The van der Waals surface area contributed by atoms with Crippen molar-refractivity contribution in [3.63, 3.8) is 0 Å². The number of ether oxygens (including phenoxy) is 1. The molecule has 0 N–H and O–H groups in total. The molecule has 1 amide bonds. The molecule has 94 valence electrons. The molecule has 0 saturated carbocycles. The third-order valence-corrected chi connectivity index (χ3v) is 2.99. The fourth-order valence-electron chi connectivity index (χ4n) is 1.94. The first kappa shape index (κ1) is 11.5. The van der Waals surface area contributed by atoms with Gasteiger partial charge in [0.1, 0.15) is 5.75 Å². The van der Waals surface area contributed by atoms with Gasteiger partial charge in [-0.1, -0.05) is 12.1 Å². The van der Waals surface area contributed by atoms with E-state index in [1.54, 1.807) is 19.4 Å². The van der Waals surface area contributed by atoms with Crippen molar-refractivity contribution in [3.8, 4) is 5.75 Å². The summed E-state index contributed by atoms with van der Waals surface area (Å²) in [6.45, 7) is 0. The maximum atomic E-state index is 11.8. The summed E-state index contributed by atoms with van der Waals surface area (Å²) in [4.78, 5) is 11.8. The number of hydrazone groups is 1. The van der Waals surface area contributed by atoms with Gasteiger partial charge in [-0.25, -0.2) is 0 Å². The van der Waals surface area contributed by atoms with Gasteiger partial charge in [0.2, 0.25) is 0 Å². The van der Waals surface area contributed by atoms with E-state index >= 15 is 0 Å². The van der Waals surface area contributed by atoms with E-state index in [0.29, 0.717) is 0 Å². The average molecular weight is 252 g/mol. The summed E-state index contributed by atoms with van der Waals surface area (Å²) in [5.41, 5.74) is 2.48. The number of amides is 1. The average Bonchev–Trinajstić information content (AvgIpc) is 2.47. The quantitative estimate of drug-likeness (QED) is 0.788. The lowest BCUT2D eigenvalue weighted by molar-refractivity contribution is 0.0967. The number of benzene rings is 2. The Morgan fingerprint density at radius 1 is 1.11 bits per heavy atom. The number of carbonyl (C=O) groups excluding carboxylic acids is 1. The largest absolute Gasteiger partial charge is 0.497 e. The Hall–Kier alpha value is -2.62. The number of hydrogen-bond donors (Lipinski definition) is 0. The van der Waals surface area contributed by atoms with Crippen molar-refractivity contribution in [2.75, 3.05) is 12.1 Å². The molecule has 3 rings (SSSR count). The molecule has 1 aliphatic heterocycles. The van der Waals surface area contributed by atoms with Gasteiger partial charge in [0.15, 0.2) is 0 Å². The molecule has 0 fully saturated rings. The first-order valence-electron chi connectivity index (χ1n) is 5.91. The zero-order valence-electron chi connectivity index (χ0n) is 10.4. The van der Waals surface area contributed by atoms with Crippen molar-refractivity contribution >= 4 is 17.8 Å². The Labute approximate surface area is 110 Å². The molecule has 2 aromatic rings. The lowest BCUT2D eigenvalue weighted by Gasteiger charge is -2.28. The molecule has 1 heterocycles. The van der Waals surface area contributed by atoms with Crippen LogP contribution in [0.3, 0.4) is 0 Å². The van der Waals surface area contributed by atoms with E-state index in [1.165, 1.54) is 5.01 Å². The minimum absolute atomic E-state index is 0.0691. The van der Waals surface area contributed by atoms with Crippen molar-refractivity contribution in [2.24, 2.45) is 5.10 Å². The van der Waals surface area contributed by atoms with E-state index < -0.39 is 0 Å². The lowest BCUT2D eigenvalue weighted by atomic mass is 10.1. The van der Waals surface area contributed by atoms with Crippen molar-refractivity contribution in [1.82, 2.24) is 0 Å². The van der Waals surface area contributed by atoms with Crippen LogP contribution in [0.5, 0.6) is 5.75 Å². The van der Waals surface area contributed by atoms with Gasteiger partial charge >= 0.3 is 0 Å². The van der Waals surface area contributed by atoms with Crippen molar-refractivity contribution in [2.45, 2.75) is 0 Å². The molecule has 0 atom stereocenters. The normalized spacial score (nSPS) is 13.3. The Bertz CT molecular complexity index is 647. The molecule has 0 aliphatic carbocycles. The van der Waals surface area contributed by atoms with Crippen molar-refractivity contribution in [3.05, 3.63) is 59.7 Å². The van der Waals surface area contributed by atoms with Crippen LogP contribution in [0.4, 0.5) is 5.69 Å². The summed E-state index contributed by atoms with van der Waals surface area (Å²) in [7, 11) is 1.62. The maximum Gasteiger partial charge on any atom is 0.280 e. The van der Waals surface area contributed by atoms with E-state index in [2.05, 4.69) is 5.10 Å². The minimum Gasteiger partial charge on any atom is -0.497 e. The fourth-order valence-corrected chi connectivity index (χ4v) is 1.94. The van der Waals surface area contributed by atoms with Gasteiger partial charge in [-0.05, 0) is 42.0 Å². The van der Waals surface area contributed by atoms with Crippen LogP contribution in [0.25, 0.3) is 0 Å². The van der Waals surface area contributed by atoms with Crippen LogP contribution in [-0.4, -0.2) is 19.2 Å². The van der Waals surface area contributed by atoms with Gasteiger partial charge in [-0.3, -0.25) is 4.79 Å². The molecular weight excluding hydrogens is 240 g/mol. The number of carbonyl (C=O) groups is 1. The number of anilines is 1. The zero-order chi connectivity index (χ0) is 13.2. The van der Waals surface area contributed by atoms with Gasteiger partial charge in [0.05, 0.1) is 24.6 Å². The molecule has 0 radical (unpaired) electrons. The molecule has 0 aromatic heterocycles. The molecule has 0 spiro atoms. The summed E-state index contributed by atoms with van der Waals surface area (Å²) < 4.78 is 5.08. The summed E-state index contributed by atoms with van der Waals surface area (Å²) in [6, 6.07) is 14.9. The van der Waals surface area contributed by atoms with Gasteiger partial charge in [-0.2, -0.15) is 10.1 Å². The number of para-hydroxylation sites is 1. The van der Waals surface area contributed by atoms with Gasteiger partial charge in [0.25, 0.3) is 5.91 Å². The summed E-state index contributed by atoms with van der Waals surface area (Å²) in [5, 5.41) is 5.60. The standard InChI is InChI=1S/C15H12N2O2/c1-19-12-8-6-11(7-9-12)10-16-17-14-5-3-2-4-13(14)15(17)18/h2-10H,1H3/b16-10-. The lowest BCUT2D eigenvalue weighted by Crippen LogP contribution is -2.36. The Kier molecular flexibility index (Phi) is 2.76. The SMILES string of the molecule is COc1ccc(/C=N\N2C(=O)c3ccccc32)cc1. The molecule has 0 unspecified atom stereocenters. The number of rotatable bonds is 3. The van der Waals surface area contributed by atoms with E-state index in [9.17, 15) is 4.79 Å². The highest BCUT2D eigenvalue weighted by Crippen LogP contribution is 2.32. The second-order valence-electron chi connectivity index (χ2n) is 4.15. The maximum absolute atomic E-state index is 11.8. The second kappa shape index (κ2) is 4.57. The van der Waals surface area contributed by atoms with Crippen LogP contribution in [-0.2, 0) is 0 Å². The number of fused-ring (bicyclic) bond motifs is 1. The molecule has 1 aliphatic rings. The van der Waals surface area contributed by atoms with Crippen molar-refractivity contribution in [1.29, 1.82) is 0 Å². The van der Waals surface area contributed by atoms with Crippen LogP contribution < -0.4 is 9.75 Å². The first-order chi connectivity index (χ1) is 9.29. The summed E-state index contributed by atoms with van der Waals surface area (Å²) >= 11 is 0. The summed E-state index contributed by atoms with van der Waals surface area (Å²) in [5.74, 6) is 0.725. The highest BCUT2D eigenvalue weighted by Gasteiger charge is 2.31. The van der Waals surface area contributed by atoms with Crippen LogP contribution in [0.1, 0.15) is 15.9 Å². The van der Waals surface area contributed by atoms with Crippen LogP contribution in [0, 0.1) is 0 Å². The van der Waals surface area contributed by atoms with Gasteiger partial charge in [-0.15, -0.1) is 0 Å². The monoisotopic (exact) mass is 252 g/mol. The zero-order valence-corrected chi connectivity index (χ0v) is 10.4. The van der Waals surface area contributed by atoms with Crippen LogP contribution >= 0.6 is 0 Å². The predicted molar refractivity (Wildman–Crippen MR) is 73.8 cm³/mol. The molecule has 4 heteroatoms. The highest BCUT2D eigenvalue weighted by molar-refractivity contribution is 6.19. The predicted octanol–water partition coefficient (Wildman–Crippen LogP) is 2.69. The molecule has 19 heavy (non-hydrogen) atoms. The number of methoxy groups -OCH3 is 1. The van der Waals surface area contributed by atoms with E-state index in [4.69, 9.17) is 4.74 Å². The Balaban J connectivity index is 1.79. The fraction of sp³-hybridized carbons (Fsp3) is 0.0667. The molecular formula is C15H12N2O2.